The van der Waals surface area contributed by atoms with Crippen molar-refractivity contribution in [2.24, 2.45) is 0 Å². The van der Waals surface area contributed by atoms with Gasteiger partial charge in [-0.25, -0.2) is 0 Å². The largest absolute Gasteiger partial charge is 0.416 e. The molecule has 1 aliphatic heterocycles. The number of alkyl halides is 3. The molecule has 0 bridgehead atoms. The van der Waals surface area contributed by atoms with E-state index in [0.29, 0.717) is 13.2 Å². The van der Waals surface area contributed by atoms with Gasteiger partial charge in [-0.05, 0) is 12.1 Å². The van der Waals surface area contributed by atoms with Crippen molar-refractivity contribution < 1.29 is 22.4 Å². The molecule has 2 heterocycles. The van der Waals surface area contributed by atoms with E-state index in [0.717, 1.165) is 18.7 Å². The standard InChI is InChI=1S/C13H12F3N3O2/c14-13(15,16)9-3-1-2-8(6-9)11-18-12(21-19-11)10-7-17-4-5-20-10/h1-3,6,10,17H,4-5,7H2. The second kappa shape index (κ2) is 5.45. The van der Waals surface area contributed by atoms with Crippen molar-refractivity contribution in [1.82, 2.24) is 15.5 Å². The number of halogens is 3. The third kappa shape index (κ3) is 3.06. The second-order valence-corrected chi connectivity index (χ2v) is 4.60. The summed E-state index contributed by atoms with van der Waals surface area (Å²) in [5.74, 6) is 0.375. The van der Waals surface area contributed by atoms with Gasteiger partial charge < -0.3 is 14.6 Å². The fourth-order valence-electron chi connectivity index (χ4n) is 2.04. The number of aromatic nitrogens is 2. The van der Waals surface area contributed by atoms with E-state index >= 15 is 0 Å². The molecule has 0 radical (unpaired) electrons. The highest BCUT2D eigenvalue weighted by Crippen LogP contribution is 2.31. The highest BCUT2D eigenvalue weighted by atomic mass is 19.4. The SMILES string of the molecule is FC(F)(F)c1cccc(-c2noc(C3CNCCO3)n2)c1. The highest BCUT2D eigenvalue weighted by molar-refractivity contribution is 5.55. The van der Waals surface area contributed by atoms with E-state index < -0.39 is 11.7 Å². The first-order valence-corrected chi connectivity index (χ1v) is 6.37. The molecule has 1 aromatic carbocycles. The number of benzene rings is 1. The van der Waals surface area contributed by atoms with Crippen LogP contribution < -0.4 is 5.32 Å². The predicted molar refractivity (Wildman–Crippen MR) is 66.3 cm³/mol. The van der Waals surface area contributed by atoms with Crippen LogP contribution in [0.15, 0.2) is 28.8 Å². The molecule has 8 heteroatoms. The highest BCUT2D eigenvalue weighted by Gasteiger charge is 2.31. The van der Waals surface area contributed by atoms with Crippen LogP contribution in [0.1, 0.15) is 17.6 Å². The number of nitrogens with one attached hydrogen (secondary N) is 1. The first-order valence-electron chi connectivity index (χ1n) is 6.37. The number of nitrogens with zero attached hydrogens (tertiary/aromatic N) is 2. The summed E-state index contributed by atoms with van der Waals surface area (Å²) < 4.78 is 48.6. The number of morpholine rings is 1. The molecule has 0 spiro atoms. The van der Waals surface area contributed by atoms with Crippen LogP contribution in [0.5, 0.6) is 0 Å². The van der Waals surface area contributed by atoms with Gasteiger partial charge >= 0.3 is 6.18 Å². The summed E-state index contributed by atoms with van der Waals surface area (Å²) in [6.45, 7) is 1.79. The van der Waals surface area contributed by atoms with Crippen LogP contribution in [0, 0.1) is 0 Å². The summed E-state index contributed by atoms with van der Waals surface area (Å²) in [6, 6.07) is 4.81. The molecule has 2 aromatic rings. The van der Waals surface area contributed by atoms with Crippen molar-refractivity contribution in [1.29, 1.82) is 0 Å². The van der Waals surface area contributed by atoms with Gasteiger partial charge in [-0.1, -0.05) is 17.3 Å². The number of hydrogen-bond donors (Lipinski definition) is 1. The molecular weight excluding hydrogens is 287 g/mol. The molecule has 1 aromatic heterocycles. The van der Waals surface area contributed by atoms with Gasteiger partial charge in [0, 0.05) is 18.7 Å². The normalized spacial score (nSPS) is 19.7. The Morgan fingerprint density at radius 3 is 2.86 bits per heavy atom. The fourth-order valence-corrected chi connectivity index (χ4v) is 2.04. The van der Waals surface area contributed by atoms with Crippen molar-refractivity contribution in [2.75, 3.05) is 19.7 Å². The smallest absolute Gasteiger partial charge is 0.366 e. The van der Waals surface area contributed by atoms with E-state index in [9.17, 15) is 13.2 Å². The lowest BCUT2D eigenvalue weighted by atomic mass is 10.1. The lowest BCUT2D eigenvalue weighted by Gasteiger charge is -2.19. The van der Waals surface area contributed by atoms with Gasteiger partial charge in [0.2, 0.25) is 5.82 Å². The minimum atomic E-state index is -4.40. The Kier molecular flexibility index (Phi) is 3.64. The van der Waals surface area contributed by atoms with E-state index in [1.807, 2.05) is 0 Å². The number of ether oxygens (including phenoxy) is 1. The molecule has 0 aliphatic carbocycles. The predicted octanol–water partition coefficient (Wildman–Crippen LogP) is 2.42. The maximum absolute atomic E-state index is 12.7. The van der Waals surface area contributed by atoms with Crippen LogP contribution in [0.2, 0.25) is 0 Å². The van der Waals surface area contributed by atoms with E-state index in [2.05, 4.69) is 15.5 Å². The molecule has 0 amide bonds. The average molecular weight is 299 g/mol. The summed E-state index contributed by atoms with van der Waals surface area (Å²) in [6.07, 6.45) is -4.77. The Labute approximate surface area is 118 Å². The molecule has 3 rings (SSSR count). The van der Waals surface area contributed by atoms with Gasteiger partial charge in [-0.15, -0.1) is 0 Å². The zero-order valence-electron chi connectivity index (χ0n) is 10.9. The van der Waals surface area contributed by atoms with E-state index in [1.54, 1.807) is 0 Å². The van der Waals surface area contributed by atoms with Crippen molar-refractivity contribution in [3.63, 3.8) is 0 Å². The van der Waals surface area contributed by atoms with Crippen LogP contribution in [-0.2, 0) is 10.9 Å². The Balaban J connectivity index is 1.86. The summed E-state index contributed by atoms with van der Waals surface area (Å²) in [5, 5.41) is 6.83. The lowest BCUT2D eigenvalue weighted by Crippen LogP contribution is -2.33. The minimum Gasteiger partial charge on any atom is -0.366 e. The van der Waals surface area contributed by atoms with Crippen molar-refractivity contribution in [3.05, 3.63) is 35.7 Å². The van der Waals surface area contributed by atoms with Gasteiger partial charge in [-0.2, -0.15) is 18.2 Å². The summed E-state index contributed by atoms with van der Waals surface area (Å²) >= 11 is 0. The monoisotopic (exact) mass is 299 g/mol. The second-order valence-electron chi connectivity index (χ2n) is 4.60. The molecule has 5 nitrogen and oxygen atoms in total. The third-order valence-corrected chi connectivity index (χ3v) is 3.09. The molecule has 1 fully saturated rings. The molecule has 1 saturated heterocycles. The molecule has 1 N–H and O–H groups in total. The van der Waals surface area contributed by atoms with Crippen LogP contribution in [-0.4, -0.2) is 29.8 Å². The molecule has 1 aliphatic rings. The van der Waals surface area contributed by atoms with Gasteiger partial charge in [0.15, 0.2) is 0 Å². The topological polar surface area (TPSA) is 60.2 Å². The first-order chi connectivity index (χ1) is 10.0. The van der Waals surface area contributed by atoms with Crippen LogP contribution >= 0.6 is 0 Å². The van der Waals surface area contributed by atoms with E-state index in [4.69, 9.17) is 9.26 Å². The van der Waals surface area contributed by atoms with Crippen molar-refractivity contribution in [2.45, 2.75) is 12.3 Å². The fraction of sp³-hybridized carbons (Fsp3) is 0.385. The van der Waals surface area contributed by atoms with Gasteiger partial charge in [0.05, 0.1) is 12.2 Å². The molecule has 21 heavy (non-hydrogen) atoms. The average Bonchev–Trinajstić information content (AvgIpc) is 2.97. The number of hydrogen-bond acceptors (Lipinski definition) is 5. The molecule has 1 atom stereocenters. The van der Waals surface area contributed by atoms with E-state index in [1.165, 1.54) is 12.1 Å². The quantitative estimate of drug-likeness (QED) is 0.923. The van der Waals surface area contributed by atoms with Crippen molar-refractivity contribution >= 4 is 0 Å². The molecule has 0 saturated carbocycles. The molecule has 112 valence electrons. The minimum absolute atomic E-state index is 0.116. The molecule has 1 unspecified atom stereocenters. The first kappa shape index (κ1) is 14.0. The number of rotatable bonds is 2. The summed E-state index contributed by atoms with van der Waals surface area (Å²) in [4.78, 5) is 4.12. The maximum Gasteiger partial charge on any atom is 0.416 e. The zero-order chi connectivity index (χ0) is 14.9. The maximum atomic E-state index is 12.7. The zero-order valence-corrected chi connectivity index (χ0v) is 10.9. The van der Waals surface area contributed by atoms with Crippen LogP contribution in [0.3, 0.4) is 0 Å². The Bertz CT molecular complexity index is 621. The lowest BCUT2D eigenvalue weighted by molar-refractivity contribution is -0.137. The van der Waals surface area contributed by atoms with Gasteiger partial charge in [0.1, 0.15) is 6.10 Å². The summed E-state index contributed by atoms with van der Waals surface area (Å²) in [5.41, 5.74) is -0.495. The summed E-state index contributed by atoms with van der Waals surface area (Å²) in [7, 11) is 0. The molecular formula is C13H12F3N3O2. The van der Waals surface area contributed by atoms with Crippen LogP contribution in [0.4, 0.5) is 13.2 Å². The van der Waals surface area contributed by atoms with Gasteiger partial charge in [0.25, 0.3) is 5.89 Å². The Morgan fingerprint density at radius 2 is 2.14 bits per heavy atom. The van der Waals surface area contributed by atoms with Gasteiger partial charge in [-0.3, -0.25) is 0 Å². The van der Waals surface area contributed by atoms with Crippen LogP contribution in [0.25, 0.3) is 11.4 Å². The third-order valence-electron chi connectivity index (χ3n) is 3.09. The van der Waals surface area contributed by atoms with E-state index in [-0.39, 0.29) is 23.4 Å². The Hall–Kier alpha value is -1.93. The van der Waals surface area contributed by atoms with Crippen molar-refractivity contribution in [3.8, 4) is 11.4 Å². The Morgan fingerprint density at radius 1 is 1.29 bits per heavy atom.